The van der Waals surface area contributed by atoms with E-state index >= 15 is 0 Å². The number of quaternary nitrogens is 2. The molecule has 0 aromatic heterocycles. The van der Waals surface area contributed by atoms with Gasteiger partial charge in [-0.15, -0.1) is 0 Å². The van der Waals surface area contributed by atoms with Gasteiger partial charge >= 0.3 is 0 Å². The lowest BCUT2D eigenvalue weighted by Crippen LogP contribution is -2.39. The molecule has 2 rings (SSSR count). The number of unbranched alkanes of at least 4 members (excludes halogenated alkanes) is 26. The standard InChI is InChI=1S/2C20H44N.C14H10O4S2/c2*1-5-7-8-9-10-11-12-13-14-15-16-17-18-19-20-21(3,4)6-2;15-13(16)9-1-5-11(6-2-9)19-20-12-7-3-10(4-8-12)14(17)18/h2*5-20H2,1-4H3;1-8H,(H,15,16)(H,17,18)/q2*+1;/p-2. The van der Waals surface area contributed by atoms with Gasteiger partial charge in [0.2, 0.25) is 0 Å². The van der Waals surface area contributed by atoms with Crippen molar-refractivity contribution in [3.8, 4) is 0 Å². The van der Waals surface area contributed by atoms with E-state index in [4.69, 9.17) is 0 Å². The normalized spacial score (nSPS) is 11.4. The Hall–Kier alpha value is -2.00. The van der Waals surface area contributed by atoms with Crippen molar-refractivity contribution in [2.75, 3.05) is 54.4 Å². The molecule has 8 heteroatoms. The molecule has 0 bridgehead atoms. The smallest absolute Gasteiger partial charge is 0.0782 e. The van der Waals surface area contributed by atoms with E-state index in [1.165, 1.54) is 261 Å². The Kier molecular flexibility index (Phi) is 39.2. The molecule has 6 nitrogen and oxygen atoms in total. The second-order valence-corrected chi connectivity index (χ2v) is 21.2. The largest absolute Gasteiger partial charge is 0.545 e. The van der Waals surface area contributed by atoms with Gasteiger partial charge in [-0.2, -0.15) is 0 Å². The number of carbonyl (C=O) groups excluding carboxylic acids is 2. The summed E-state index contributed by atoms with van der Waals surface area (Å²) in [5.41, 5.74) is 0.273. The van der Waals surface area contributed by atoms with E-state index in [9.17, 15) is 19.8 Å². The van der Waals surface area contributed by atoms with Gasteiger partial charge in [0.15, 0.2) is 0 Å². The van der Waals surface area contributed by atoms with Crippen molar-refractivity contribution in [2.24, 2.45) is 0 Å². The lowest BCUT2D eigenvalue weighted by molar-refractivity contribution is -0.888. The second kappa shape index (κ2) is 40.5. The van der Waals surface area contributed by atoms with E-state index in [1.54, 1.807) is 24.3 Å². The Labute approximate surface area is 391 Å². The maximum atomic E-state index is 10.6. The van der Waals surface area contributed by atoms with Crippen molar-refractivity contribution in [1.82, 2.24) is 0 Å². The minimum absolute atomic E-state index is 0.137. The molecule has 0 radical (unpaired) electrons. The fraction of sp³-hybridized carbons (Fsp3) is 0.741. The lowest BCUT2D eigenvalue weighted by Gasteiger charge is -2.28. The Morgan fingerprint density at radius 1 is 0.371 bits per heavy atom. The Morgan fingerprint density at radius 3 is 0.774 bits per heavy atom. The van der Waals surface area contributed by atoms with Gasteiger partial charge in [0.05, 0.1) is 66.3 Å². The fourth-order valence-corrected chi connectivity index (χ4v) is 9.11. The first-order valence-electron chi connectivity index (χ1n) is 25.4. The van der Waals surface area contributed by atoms with Crippen LogP contribution in [0.1, 0.15) is 228 Å². The predicted molar refractivity (Wildman–Crippen MR) is 269 cm³/mol. The molecule has 0 heterocycles. The number of rotatable bonds is 37. The van der Waals surface area contributed by atoms with Crippen LogP contribution in [0.4, 0.5) is 0 Å². The van der Waals surface area contributed by atoms with Crippen LogP contribution in [0.25, 0.3) is 0 Å². The summed E-state index contributed by atoms with van der Waals surface area (Å²) >= 11 is 0. The van der Waals surface area contributed by atoms with Crippen LogP contribution in [0.2, 0.25) is 0 Å². The van der Waals surface area contributed by atoms with E-state index < -0.39 is 11.9 Å². The molecular weight excluding hydrogens is 805 g/mol. The fourth-order valence-electron chi connectivity index (χ4n) is 7.17. The van der Waals surface area contributed by atoms with Gasteiger partial charge < -0.3 is 28.8 Å². The molecule has 0 aliphatic carbocycles. The number of hydrogen-bond donors (Lipinski definition) is 0. The third-order valence-corrected chi connectivity index (χ3v) is 14.8. The van der Waals surface area contributed by atoms with Crippen LogP contribution in [0, 0.1) is 0 Å². The van der Waals surface area contributed by atoms with Gasteiger partial charge in [-0.25, -0.2) is 0 Å². The van der Waals surface area contributed by atoms with Crippen LogP contribution in [-0.2, 0) is 0 Å². The summed E-state index contributed by atoms with van der Waals surface area (Å²) in [6.45, 7) is 14.4. The SMILES string of the molecule is CCCCCCCCCCCCCCCC[N+](C)(C)CC.CCCCCCCCCCCCCCCC[N+](C)(C)CC.O=C([O-])c1ccc(SSc2ccc(C(=O)[O-])cc2)cc1. The van der Waals surface area contributed by atoms with Crippen molar-refractivity contribution in [2.45, 2.75) is 217 Å². The quantitative estimate of drug-likeness (QED) is 0.0382. The highest BCUT2D eigenvalue weighted by molar-refractivity contribution is 8.76. The topological polar surface area (TPSA) is 80.3 Å². The first-order chi connectivity index (χ1) is 29.8. The van der Waals surface area contributed by atoms with Crippen molar-refractivity contribution in [3.63, 3.8) is 0 Å². The van der Waals surface area contributed by atoms with Crippen molar-refractivity contribution < 1.29 is 28.8 Å². The summed E-state index contributed by atoms with van der Waals surface area (Å²) < 4.78 is 2.39. The van der Waals surface area contributed by atoms with Crippen molar-refractivity contribution in [1.29, 1.82) is 0 Å². The molecule has 358 valence electrons. The highest BCUT2D eigenvalue weighted by Crippen LogP contribution is 2.37. The summed E-state index contributed by atoms with van der Waals surface area (Å²) in [6.07, 6.45) is 40.8. The molecule has 0 saturated carbocycles. The van der Waals surface area contributed by atoms with Crippen LogP contribution in [-0.4, -0.2) is 75.3 Å². The predicted octanol–water partition coefficient (Wildman–Crippen LogP) is 14.3. The van der Waals surface area contributed by atoms with Crippen LogP contribution in [0.5, 0.6) is 0 Å². The van der Waals surface area contributed by atoms with Crippen LogP contribution in [0.15, 0.2) is 58.3 Å². The van der Waals surface area contributed by atoms with Gasteiger partial charge in [0, 0.05) is 9.79 Å². The number of aromatic carboxylic acids is 2. The first kappa shape index (κ1) is 60.0. The van der Waals surface area contributed by atoms with E-state index in [0.29, 0.717) is 0 Å². The number of carboxylic acid groups (broad SMARTS) is 2. The lowest BCUT2D eigenvalue weighted by atomic mass is 10.0. The molecular formula is C54H96N2O4S2. The minimum atomic E-state index is -1.20. The summed E-state index contributed by atoms with van der Waals surface area (Å²) in [5.74, 6) is -2.40. The molecule has 0 saturated heterocycles. The molecule has 0 N–H and O–H groups in total. The van der Waals surface area contributed by atoms with Gasteiger partial charge in [0.1, 0.15) is 0 Å². The van der Waals surface area contributed by atoms with E-state index in [-0.39, 0.29) is 11.1 Å². The van der Waals surface area contributed by atoms with Gasteiger partial charge in [-0.05, 0) is 74.9 Å². The van der Waals surface area contributed by atoms with Gasteiger partial charge in [-0.3, -0.25) is 0 Å². The third-order valence-electron chi connectivity index (χ3n) is 12.4. The highest BCUT2D eigenvalue weighted by atomic mass is 33.1. The molecule has 2 aromatic rings. The number of nitrogens with zero attached hydrogens (tertiary/aromatic N) is 2. The maximum Gasteiger partial charge on any atom is 0.0782 e. The molecule has 62 heavy (non-hydrogen) atoms. The average molecular weight is 902 g/mol. The van der Waals surface area contributed by atoms with E-state index in [1.807, 2.05) is 0 Å². The molecule has 0 amide bonds. The number of hydrogen-bond acceptors (Lipinski definition) is 6. The molecule has 0 atom stereocenters. The molecule has 2 aromatic carbocycles. The van der Waals surface area contributed by atoms with Gasteiger partial charge in [-0.1, -0.05) is 214 Å². The Morgan fingerprint density at radius 2 is 0.581 bits per heavy atom. The monoisotopic (exact) mass is 901 g/mol. The van der Waals surface area contributed by atoms with E-state index in [0.717, 1.165) is 9.79 Å². The minimum Gasteiger partial charge on any atom is -0.545 e. The molecule has 0 unspecified atom stereocenters. The third kappa shape index (κ3) is 37.4. The molecule has 0 aliphatic heterocycles. The van der Waals surface area contributed by atoms with Gasteiger partial charge in [0.25, 0.3) is 0 Å². The zero-order chi connectivity index (χ0) is 46.2. The Balaban J connectivity index is 0.000000900. The van der Waals surface area contributed by atoms with Crippen molar-refractivity contribution in [3.05, 3.63) is 59.7 Å². The Bertz CT molecular complexity index is 1220. The maximum absolute atomic E-state index is 10.6. The highest BCUT2D eigenvalue weighted by Gasteiger charge is 2.11. The molecule has 0 spiro atoms. The van der Waals surface area contributed by atoms with Crippen LogP contribution >= 0.6 is 21.6 Å². The van der Waals surface area contributed by atoms with E-state index in [2.05, 4.69) is 55.9 Å². The first-order valence-corrected chi connectivity index (χ1v) is 27.6. The summed E-state index contributed by atoms with van der Waals surface area (Å²) in [5, 5.41) is 21.2. The van der Waals surface area contributed by atoms with Crippen molar-refractivity contribution >= 4 is 33.5 Å². The summed E-state index contributed by atoms with van der Waals surface area (Å²) in [4.78, 5) is 23.0. The summed E-state index contributed by atoms with van der Waals surface area (Å²) in [6, 6.07) is 12.7. The zero-order valence-corrected chi connectivity index (χ0v) is 43.2. The average Bonchev–Trinajstić information content (AvgIpc) is 3.26. The van der Waals surface area contributed by atoms with Crippen LogP contribution in [0.3, 0.4) is 0 Å². The molecule has 0 aliphatic rings. The number of benzene rings is 2. The number of carboxylic acids is 2. The molecule has 0 fully saturated rings. The number of carbonyl (C=O) groups is 2. The summed E-state index contributed by atoms with van der Waals surface area (Å²) in [7, 11) is 12.3. The van der Waals surface area contributed by atoms with Crippen LogP contribution < -0.4 is 10.2 Å². The second-order valence-electron chi connectivity index (χ2n) is 18.9. The zero-order valence-electron chi connectivity index (χ0n) is 41.6.